The van der Waals surface area contributed by atoms with Crippen LogP contribution >= 0.6 is 0 Å². The second-order valence-corrected chi connectivity index (χ2v) is 6.59. The molecule has 1 saturated heterocycles. The molecule has 0 unspecified atom stereocenters. The molecule has 1 saturated carbocycles. The lowest BCUT2D eigenvalue weighted by Gasteiger charge is -2.42. The summed E-state index contributed by atoms with van der Waals surface area (Å²) in [6.07, 6.45) is 7.39. The van der Waals surface area contributed by atoms with Crippen LogP contribution in [0.1, 0.15) is 55.1 Å². The van der Waals surface area contributed by atoms with Gasteiger partial charge in [-0.2, -0.15) is 0 Å². The Morgan fingerprint density at radius 3 is 3.09 bits per heavy atom. The van der Waals surface area contributed by atoms with Gasteiger partial charge in [-0.15, -0.1) is 0 Å². The van der Waals surface area contributed by atoms with E-state index in [1.165, 1.54) is 6.33 Å². The second-order valence-electron chi connectivity index (χ2n) is 6.59. The van der Waals surface area contributed by atoms with E-state index in [1.54, 1.807) is 13.3 Å². The minimum Gasteiger partial charge on any atom is -0.393 e. The molecule has 2 aliphatic rings. The quantitative estimate of drug-likeness (QED) is 0.912. The van der Waals surface area contributed by atoms with Gasteiger partial charge in [0.25, 0.3) is 5.91 Å². The molecule has 2 fully saturated rings. The Labute approximate surface area is 136 Å². The molecule has 3 rings (SSSR count). The number of aliphatic hydroxyl groups excluding tert-OH is 1. The molecule has 1 amide bonds. The number of hydrogen-bond acceptors (Lipinski definition) is 5. The van der Waals surface area contributed by atoms with E-state index in [0.29, 0.717) is 18.5 Å². The molecule has 1 N–H and O–H groups in total. The summed E-state index contributed by atoms with van der Waals surface area (Å²) >= 11 is 0. The number of fused-ring (bicyclic) bond motifs is 1. The molecule has 126 valence electrons. The highest BCUT2D eigenvalue weighted by Crippen LogP contribution is 2.43. The van der Waals surface area contributed by atoms with Crippen LogP contribution in [0.3, 0.4) is 0 Å². The van der Waals surface area contributed by atoms with Crippen molar-refractivity contribution in [2.75, 3.05) is 13.7 Å². The Bertz CT molecular complexity index is 580. The number of methoxy groups -OCH3 is 1. The van der Waals surface area contributed by atoms with E-state index in [4.69, 9.17) is 4.74 Å². The van der Waals surface area contributed by atoms with Crippen LogP contribution in [0, 0.1) is 0 Å². The zero-order chi connectivity index (χ0) is 16.4. The van der Waals surface area contributed by atoms with Crippen molar-refractivity contribution in [3.63, 3.8) is 0 Å². The van der Waals surface area contributed by atoms with Gasteiger partial charge in [0.1, 0.15) is 6.33 Å². The number of aryl methyl sites for hydroxylation is 1. The number of aliphatic hydroxyl groups is 1. The van der Waals surface area contributed by atoms with E-state index in [2.05, 4.69) is 16.9 Å². The average molecular weight is 319 g/mol. The third-order valence-corrected chi connectivity index (χ3v) is 5.33. The first-order valence-corrected chi connectivity index (χ1v) is 8.44. The maximum atomic E-state index is 13.1. The van der Waals surface area contributed by atoms with E-state index in [1.807, 2.05) is 4.90 Å². The van der Waals surface area contributed by atoms with Crippen LogP contribution in [0.15, 0.2) is 12.5 Å². The van der Waals surface area contributed by atoms with Gasteiger partial charge in [0.05, 0.1) is 29.0 Å². The lowest BCUT2D eigenvalue weighted by atomic mass is 9.79. The number of carbonyl (C=O) groups is 1. The van der Waals surface area contributed by atoms with Crippen LogP contribution in [0.2, 0.25) is 0 Å². The first-order chi connectivity index (χ1) is 11.1. The number of nitrogens with zero attached hydrogens (tertiary/aromatic N) is 3. The van der Waals surface area contributed by atoms with Crippen LogP contribution in [0.25, 0.3) is 0 Å². The minimum absolute atomic E-state index is 0.0351. The van der Waals surface area contributed by atoms with Crippen molar-refractivity contribution in [1.82, 2.24) is 14.9 Å². The van der Waals surface area contributed by atoms with Crippen LogP contribution in [0.4, 0.5) is 0 Å². The predicted octanol–water partition coefficient (Wildman–Crippen LogP) is 1.57. The second kappa shape index (κ2) is 6.53. The fourth-order valence-corrected chi connectivity index (χ4v) is 4.04. The molecule has 1 aliphatic carbocycles. The van der Waals surface area contributed by atoms with Crippen molar-refractivity contribution >= 4 is 5.91 Å². The highest BCUT2D eigenvalue weighted by Gasteiger charge is 2.52. The molecular formula is C17H25N3O3. The lowest BCUT2D eigenvalue weighted by Crippen LogP contribution is -2.52. The van der Waals surface area contributed by atoms with E-state index >= 15 is 0 Å². The largest absolute Gasteiger partial charge is 0.393 e. The molecule has 6 nitrogen and oxygen atoms in total. The number of hydrogen-bond donors (Lipinski definition) is 1. The van der Waals surface area contributed by atoms with E-state index < -0.39 is 0 Å². The third kappa shape index (κ3) is 2.85. The van der Waals surface area contributed by atoms with Gasteiger partial charge >= 0.3 is 0 Å². The Morgan fingerprint density at radius 1 is 1.52 bits per heavy atom. The molecule has 23 heavy (non-hydrogen) atoms. The van der Waals surface area contributed by atoms with Gasteiger partial charge in [-0.25, -0.2) is 9.97 Å². The Morgan fingerprint density at radius 2 is 2.35 bits per heavy atom. The minimum atomic E-state index is -0.362. The topological polar surface area (TPSA) is 75.6 Å². The fraction of sp³-hybridized carbons (Fsp3) is 0.706. The summed E-state index contributed by atoms with van der Waals surface area (Å²) in [5.41, 5.74) is 1.08. The van der Waals surface area contributed by atoms with Gasteiger partial charge in [0, 0.05) is 19.9 Å². The summed E-state index contributed by atoms with van der Waals surface area (Å²) in [7, 11) is 1.72. The summed E-state index contributed by atoms with van der Waals surface area (Å²) in [6.45, 7) is 2.73. The van der Waals surface area contributed by atoms with Crippen molar-refractivity contribution in [2.45, 2.75) is 63.2 Å². The molecule has 1 aromatic heterocycles. The highest BCUT2D eigenvalue weighted by molar-refractivity contribution is 5.95. The number of aromatic nitrogens is 2. The smallest absolute Gasteiger partial charge is 0.257 e. The highest BCUT2D eigenvalue weighted by atomic mass is 16.5. The van der Waals surface area contributed by atoms with E-state index in [9.17, 15) is 9.90 Å². The maximum Gasteiger partial charge on any atom is 0.257 e. The Hall–Kier alpha value is -1.53. The molecule has 0 aromatic carbocycles. The average Bonchev–Trinajstić information content (AvgIpc) is 2.94. The normalized spacial score (nSPS) is 30.3. The number of amides is 1. The zero-order valence-electron chi connectivity index (χ0n) is 13.9. The Balaban J connectivity index is 1.88. The van der Waals surface area contributed by atoms with Crippen LogP contribution in [0.5, 0.6) is 0 Å². The SMILES string of the molecule is CCCc1ncncc1C(=O)N1CC[C@]2(OC)CC[C@@H](O)C[C@H]12. The maximum absolute atomic E-state index is 13.1. The van der Waals surface area contributed by atoms with Crippen molar-refractivity contribution in [3.05, 3.63) is 23.8 Å². The van der Waals surface area contributed by atoms with Gasteiger partial charge in [0.15, 0.2) is 0 Å². The first kappa shape index (κ1) is 16.3. The fourth-order valence-electron chi connectivity index (χ4n) is 4.04. The molecule has 3 atom stereocenters. The number of carbonyl (C=O) groups excluding carboxylic acids is 1. The monoisotopic (exact) mass is 319 g/mol. The van der Waals surface area contributed by atoms with Crippen LogP contribution in [-0.2, 0) is 11.2 Å². The third-order valence-electron chi connectivity index (χ3n) is 5.33. The molecular weight excluding hydrogens is 294 g/mol. The van der Waals surface area contributed by atoms with Crippen molar-refractivity contribution in [3.8, 4) is 0 Å². The van der Waals surface area contributed by atoms with Gasteiger partial charge < -0.3 is 14.7 Å². The van der Waals surface area contributed by atoms with Gasteiger partial charge in [-0.05, 0) is 32.1 Å². The number of ether oxygens (including phenoxy) is 1. The molecule has 0 bridgehead atoms. The zero-order valence-corrected chi connectivity index (χ0v) is 13.9. The molecule has 1 aromatic rings. The lowest BCUT2D eigenvalue weighted by molar-refractivity contribution is -0.0824. The summed E-state index contributed by atoms with van der Waals surface area (Å²) in [5.74, 6) is -0.0351. The van der Waals surface area contributed by atoms with Gasteiger partial charge in [-0.1, -0.05) is 13.3 Å². The van der Waals surface area contributed by atoms with Crippen molar-refractivity contribution in [1.29, 1.82) is 0 Å². The number of likely N-dealkylation sites (tertiary alicyclic amines) is 1. The van der Waals surface area contributed by atoms with E-state index in [0.717, 1.165) is 37.8 Å². The van der Waals surface area contributed by atoms with Crippen molar-refractivity contribution < 1.29 is 14.6 Å². The standard InChI is InChI=1S/C17H25N3O3/c1-3-4-14-13(10-18-11-19-14)16(22)20-8-7-17(23-2)6-5-12(21)9-15(17)20/h10-12,15,21H,3-9H2,1-2H3/t12-,15+,17-/m1/s1. The van der Waals surface area contributed by atoms with Crippen molar-refractivity contribution in [2.24, 2.45) is 0 Å². The van der Waals surface area contributed by atoms with Crippen LogP contribution < -0.4 is 0 Å². The summed E-state index contributed by atoms with van der Waals surface area (Å²) in [6, 6.07) is -0.0709. The molecule has 0 radical (unpaired) electrons. The number of rotatable bonds is 4. The molecule has 6 heteroatoms. The van der Waals surface area contributed by atoms with Crippen LogP contribution in [-0.4, -0.2) is 57.3 Å². The Kier molecular flexibility index (Phi) is 4.64. The van der Waals surface area contributed by atoms with Gasteiger partial charge in [-0.3, -0.25) is 4.79 Å². The van der Waals surface area contributed by atoms with Gasteiger partial charge in [0.2, 0.25) is 0 Å². The molecule has 1 aliphatic heterocycles. The molecule has 2 heterocycles. The molecule has 0 spiro atoms. The summed E-state index contributed by atoms with van der Waals surface area (Å²) < 4.78 is 5.81. The predicted molar refractivity (Wildman–Crippen MR) is 85.1 cm³/mol. The summed E-state index contributed by atoms with van der Waals surface area (Å²) in [5, 5.41) is 10.1. The summed E-state index contributed by atoms with van der Waals surface area (Å²) in [4.78, 5) is 23.3. The van der Waals surface area contributed by atoms with E-state index in [-0.39, 0.29) is 23.7 Å². The first-order valence-electron chi connectivity index (χ1n) is 8.44.